The first-order valence-corrected chi connectivity index (χ1v) is 4.36. The van der Waals surface area contributed by atoms with Gasteiger partial charge in [0.2, 0.25) is 0 Å². The Balaban J connectivity index is 3.06. The van der Waals surface area contributed by atoms with Gasteiger partial charge in [-0.25, -0.2) is 0 Å². The summed E-state index contributed by atoms with van der Waals surface area (Å²) in [6.45, 7) is 6.37. The predicted octanol–water partition coefficient (Wildman–Crippen LogP) is 2.18. The number of rotatable bonds is 0. The molecule has 0 saturated heterocycles. The quantitative estimate of drug-likeness (QED) is 0.596. The lowest BCUT2D eigenvalue weighted by Gasteiger charge is -2.33. The molecule has 0 spiro atoms. The molecular weight excluding hydrogens is 148 g/mol. The molecular formula is C10H16N2. The Morgan fingerprint density at radius 1 is 1.58 bits per heavy atom. The second kappa shape index (κ2) is 2.82. The van der Waals surface area contributed by atoms with Crippen molar-refractivity contribution in [2.75, 3.05) is 0 Å². The van der Waals surface area contributed by atoms with Crippen LogP contribution in [0.5, 0.6) is 0 Å². The van der Waals surface area contributed by atoms with Gasteiger partial charge in [0.15, 0.2) is 0 Å². The van der Waals surface area contributed by atoms with Crippen LogP contribution in [0.2, 0.25) is 0 Å². The largest absolute Gasteiger partial charge is 0.401 e. The molecule has 1 aliphatic carbocycles. The molecule has 1 aliphatic rings. The summed E-state index contributed by atoms with van der Waals surface area (Å²) < 4.78 is 0. The Morgan fingerprint density at radius 2 is 2.17 bits per heavy atom. The summed E-state index contributed by atoms with van der Waals surface area (Å²) in [5, 5.41) is 8.90. The summed E-state index contributed by atoms with van der Waals surface area (Å²) in [6, 6.07) is 2.22. The highest BCUT2D eigenvalue weighted by molar-refractivity contribution is 5.34. The van der Waals surface area contributed by atoms with Gasteiger partial charge in [-0.3, -0.25) is 0 Å². The summed E-state index contributed by atoms with van der Waals surface area (Å²) in [4.78, 5) is 0. The van der Waals surface area contributed by atoms with Crippen LogP contribution in [0, 0.1) is 22.7 Å². The lowest BCUT2D eigenvalue weighted by Crippen LogP contribution is -2.27. The molecule has 66 valence electrons. The number of nitrogens with two attached hydrogens (primary N) is 1. The average molecular weight is 164 g/mol. The van der Waals surface area contributed by atoms with Crippen LogP contribution in [-0.2, 0) is 0 Å². The van der Waals surface area contributed by atoms with E-state index in [9.17, 15) is 0 Å². The Morgan fingerprint density at radius 3 is 2.58 bits per heavy atom. The molecule has 1 unspecified atom stereocenters. The highest BCUT2D eigenvalue weighted by Gasteiger charge is 2.32. The molecule has 1 atom stereocenters. The zero-order chi connectivity index (χ0) is 9.35. The molecule has 0 amide bonds. The molecule has 12 heavy (non-hydrogen) atoms. The SMILES string of the molecule is CC1CC(N)=C(C#N)C(C)(C)C1. The molecule has 0 aliphatic heterocycles. The normalized spacial score (nSPS) is 28.3. The Labute approximate surface area is 74.1 Å². The number of hydrogen-bond donors (Lipinski definition) is 1. The summed E-state index contributed by atoms with van der Waals surface area (Å²) in [5.41, 5.74) is 7.38. The molecule has 0 radical (unpaired) electrons. The van der Waals surface area contributed by atoms with Gasteiger partial charge in [0.05, 0.1) is 11.6 Å². The van der Waals surface area contributed by atoms with Crippen molar-refractivity contribution in [1.82, 2.24) is 0 Å². The van der Waals surface area contributed by atoms with E-state index in [0.717, 1.165) is 24.1 Å². The third kappa shape index (κ3) is 1.45. The third-order valence-corrected chi connectivity index (χ3v) is 2.54. The maximum atomic E-state index is 8.90. The van der Waals surface area contributed by atoms with Crippen molar-refractivity contribution in [3.63, 3.8) is 0 Å². The molecule has 2 heteroatoms. The smallest absolute Gasteiger partial charge is 0.0970 e. The van der Waals surface area contributed by atoms with Crippen LogP contribution in [0.1, 0.15) is 33.6 Å². The first-order valence-electron chi connectivity index (χ1n) is 4.36. The molecule has 1 rings (SSSR count). The highest BCUT2D eigenvalue weighted by Crippen LogP contribution is 2.40. The van der Waals surface area contributed by atoms with Crippen LogP contribution in [0.4, 0.5) is 0 Å². The van der Waals surface area contributed by atoms with E-state index in [1.165, 1.54) is 0 Å². The minimum Gasteiger partial charge on any atom is -0.401 e. The Kier molecular flexibility index (Phi) is 2.14. The van der Waals surface area contributed by atoms with E-state index in [1.807, 2.05) is 0 Å². The van der Waals surface area contributed by atoms with Crippen molar-refractivity contribution in [3.8, 4) is 6.07 Å². The van der Waals surface area contributed by atoms with Gasteiger partial charge in [-0.1, -0.05) is 20.8 Å². The molecule has 0 bridgehead atoms. The average Bonchev–Trinajstić information content (AvgIpc) is 1.82. The molecule has 0 fully saturated rings. The van der Waals surface area contributed by atoms with E-state index in [1.54, 1.807) is 0 Å². The second-order valence-corrected chi connectivity index (χ2v) is 4.41. The van der Waals surface area contributed by atoms with Crippen molar-refractivity contribution >= 4 is 0 Å². The van der Waals surface area contributed by atoms with E-state index in [2.05, 4.69) is 26.8 Å². The predicted molar refractivity (Wildman–Crippen MR) is 49.0 cm³/mol. The lowest BCUT2D eigenvalue weighted by molar-refractivity contribution is 0.307. The van der Waals surface area contributed by atoms with Gasteiger partial charge in [0.1, 0.15) is 0 Å². The standard InChI is InChI=1S/C10H16N2/c1-7-4-9(12)8(6-11)10(2,3)5-7/h7H,4-5,12H2,1-3H3. The first kappa shape index (κ1) is 9.12. The van der Waals surface area contributed by atoms with E-state index in [4.69, 9.17) is 11.0 Å². The van der Waals surface area contributed by atoms with Crippen molar-refractivity contribution in [2.45, 2.75) is 33.6 Å². The summed E-state index contributed by atoms with van der Waals surface area (Å²) >= 11 is 0. The van der Waals surface area contributed by atoms with Gasteiger partial charge >= 0.3 is 0 Å². The number of nitriles is 1. The molecule has 0 heterocycles. The summed E-state index contributed by atoms with van der Waals surface area (Å²) in [6.07, 6.45) is 1.95. The monoisotopic (exact) mass is 164 g/mol. The first-order chi connectivity index (χ1) is 5.47. The van der Waals surface area contributed by atoms with Crippen molar-refractivity contribution < 1.29 is 0 Å². The third-order valence-electron chi connectivity index (χ3n) is 2.54. The van der Waals surface area contributed by atoms with Crippen LogP contribution in [0.15, 0.2) is 11.3 Å². The fraction of sp³-hybridized carbons (Fsp3) is 0.700. The maximum Gasteiger partial charge on any atom is 0.0970 e. The van der Waals surface area contributed by atoms with E-state index in [-0.39, 0.29) is 5.41 Å². The Hall–Kier alpha value is -0.970. The topological polar surface area (TPSA) is 49.8 Å². The van der Waals surface area contributed by atoms with Gasteiger partial charge in [0.25, 0.3) is 0 Å². The molecule has 0 saturated carbocycles. The minimum atomic E-state index is -0.0174. The summed E-state index contributed by atoms with van der Waals surface area (Å²) in [5.74, 6) is 0.608. The van der Waals surface area contributed by atoms with Crippen LogP contribution in [0.25, 0.3) is 0 Å². The van der Waals surface area contributed by atoms with Crippen LogP contribution >= 0.6 is 0 Å². The maximum absolute atomic E-state index is 8.90. The summed E-state index contributed by atoms with van der Waals surface area (Å²) in [7, 11) is 0. The lowest BCUT2D eigenvalue weighted by atomic mass is 9.71. The van der Waals surface area contributed by atoms with Gasteiger partial charge < -0.3 is 5.73 Å². The number of allylic oxidation sites excluding steroid dienone is 2. The van der Waals surface area contributed by atoms with Gasteiger partial charge in [-0.15, -0.1) is 0 Å². The zero-order valence-corrected chi connectivity index (χ0v) is 8.02. The molecule has 2 nitrogen and oxygen atoms in total. The van der Waals surface area contributed by atoms with E-state index < -0.39 is 0 Å². The van der Waals surface area contributed by atoms with Crippen molar-refractivity contribution in [2.24, 2.45) is 17.1 Å². The van der Waals surface area contributed by atoms with Crippen LogP contribution < -0.4 is 5.73 Å². The van der Waals surface area contributed by atoms with E-state index in [0.29, 0.717) is 5.92 Å². The van der Waals surface area contributed by atoms with Gasteiger partial charge in [-0.2, -0.15) is 5.26 Å². The van der Waals surface area contributed by atoms with E-state index >= 15 is 0 Å². The van der Waals surface area contributed by atoms with Crippen LogP contribution in [0.3, 0.4) is 0 Å². The fourth-order valence-electron chi connectivity index (χ4n) is 2.18. The number of hydrogen-bond acceptors (Lipinski definition) is 2. The van der Waals surface area contributed by atoms with Crippen molar-refractivity contribution in [1.29, 1.82) is 5.26 Å². The zero-order valence-electron chi connectivity index (χ0n) is 8.02. The number of nitrogens with zero attached hydrogens (tertiary/aromatic N) is 1. The van der Waals surface area contributed by atoms with Crippen molar-refractivity contribution in [3.05, 3.63) is 11.3 Å². The fourth-order valence-corrected chi connectivity index (χ4v) is 2.18. The molecule has 0 aromatic heterocycles. The Bertz CT molecular complexity index is 256. The molecule has 0 aromatic carbocycles. The second-order valence-electron chi connectivity index (χ2n) is 4.41. The van der Waals surface area contributed by atoms with Crippen LogP contribution in [-0.4, -0.2) is 0 Å². The highest BCUT2D eigenvalue weighted by atomic mass is 14.6. The van der Waals surface area contributed by atoms with Gasteiger partial charge in [-0.05, 0) is 18.8 Å². The minimum absolute atomic E-state index is 0.0174. The van der Waals surface area contributed by atoms with Gasteiger partial charge in [0, 0.05) is 11.1 Å². The molecule has 2 N–H and O–H groups in total. The molecule has 0 aromatic rings.